The van der Waals surface area contributed by atoms with Gasteiger partial charge in [0.2, 0.25) is 5.95 Å². The van der Waals surface area contributed by atoms with Gasteiger partial charge >= 0.3 is 0 Å². The molecule has 0 amide bonds. The highest BCUT2D eigenvalue weighted by molar-refractivity contribution is 6.29. The van der Waals surface area contributed by atoms with Crippen molar-refractivity contribution in [1.29, 1.82) is 0 Å². The molecular formula is C26H25ClN6O. The summed E-state index contributed by atoms with van der Waals surface area (Å²) in [7, 11) is 2.10. The van der Waals surface area contributed by atoms with E-state index in [1.54, 1.807) is 12.5 Å². The molecule has 1 aliphatic heterocycles. The number of rotatable bonds is 2. The van der Waals surface area contributed by atoms with Crippen LogP contribution in [0.3, 0.4) is 0 Å². The maximum Gasteiger partial charge on any atom is 0.229 e. The molecule has 0 spiro atoms. The van der Waals surface area contributed by atoms with Crippen molar-refractivity contribution in [2.24, 2.45) is 0 Å². The average Bonchev–Trinajstić information content (AvgIpc) is 3.47. The molecule has 0 saturated carbocycles. The molecule has 172 valence electrons. The zero-order valence-corrected chi connectivity index (χ0v) is 19.7. The standard InChI is InChI=1S/C26H25ClN6O/c1-32-12-5-13-34-22-14-18(8-11-21(22)33-15-23(27)28-16-33)29-26-30-24-19(17-6-3-2-4-7-17)9-10-20(24)25(32)31-26/h2-4,6-8,11,14-16,19H,5,9-10,12-13H2,1H3,(H,29,30,31). The van der Waals surface area contributed by atoms with Crippen molar-refractivity contribution >= 4 is 29.1 Å². The number of hydrogen-bond acceptors (Lipinski definition) is 6. The molecule has 4 aromatic rings. The molecule has 0 saturated heterocycles. The van der Waals surface area contributed by atoms with Crippen molar-refractivity contribution in [3.63, 3.8) is 0 Å². The van der Waals surface area contributed by atoms with Crippen molar-refractivity contribution < 1.29 is 4.74 Å². The Balaban J connectivity index is 1.42. The Bertz CT molecular complexity index is 1340. The lowest BCUT2D eigenvalue weighted by molar-refractivity contribution is 0.311. The van der Waals surface area contributed by atoms with Gasteiger partial charge in [-0.15, -0.1) is 0 Å². The Morgan fingerprint density at radius 2 is 2.00 bits per heavy atom. The molecule has 2 aliphatic rings. The molecule has 34 heavy (non-hydrogen) atoms. The highest BCUT2D eigenvalue weighted by Crippen LogP contribution is 2.41. The normalized spacial score (nSPS) is 17.2. The minimum atomic E-state index is 0.284. The maximum absolute atomic E-state index is 6.20. The topological polar surface area (TPSA) is 68.1 Å². The second kappa shape index (κ2) is 8.65. The number of benzene rings is 2. The van der Waals surface area contributed by atoms with E-state index >= 15 is 0 Å². The first-order valence-electron chi connectivity index (χ1n) is 11.6. The number of halogens is 1. The smallest absolute Gasteiger partial charge is 0.229 e. The summed E-state index contributed by atoms with van der Waals surface area (Å²) in [5, 5.41) is 3.87. The molecule has 0 radical (unpaired) electrons. The molecule has 2 aromatic heterocycles. The third-order valence-corrected chi connectivity index (χ3v) is 6.73. The van der Waals surface area contributed by atoms with Gasteiger partial charge in [0.05, 0.1) is 18.0 Å². The van der Waals surface area contributed by atoms with E-state index in [1.165, 1.54) is 11.1 Å². The summed E-state index contributed by atoms with van der Waals surface area (Å²) < 4.78 is 8.06. The van der Waals surface area contributed by atoms with Gasteiger partial charge in [-0.3, -0.25) is 0 Å². The molecule has 0 fully saturated rings. The van der Waals surface area contributed by atoms with Gasteiger partial charge in [0.15, 0.2) is 0 Å². The maximum atomic E-state index is 6.20. The number of aromatic nitrogens is 4. The molecular weight excluding hydrogens is 448 g/mol. The number of anilines is 3. The van der Waals surface area contributed by atoms with E-state index in [2.05, 4.69) is 52.6 Å². The van der Waals surface area contributed by atoms with Crippen LogP contribution in [-0.2, 0) is 6.42 Å². The van der Waals surface area contributed by atoms with Crippen LogP contribution in [0.25, 0.3) is 5.69 Å². The fourth-order valence-corrected chi connectivity index (χ4v) is 5.04. The van der Waals surface area contributed by atoms with E-state index in [0.29, 0.717) is 17.7 Å². The molecule has 7 nitrogen and oxygen atoms in total. The molecule has 1 atom stereocenters. The third kappa shape index (κ3) is 3.86. The van der Waals surface area contributed by atoms with Crippen LogP contribution in [0.1, 0.15) is 35.6 Å². The fraction of sp³-hybridized carbons (Fsp3) is 0.269. The van der Waals surface area contributed by atoms with E-state index < -0.39 is 0 Å². The van der Waals surface area contributed by atoms with Crippen LogP contribution < -0.4 is 15.0 Å². The lowest BCUT2D eigenvalue weighted by atomic mass is 9.97. The molecule has 1 N–H and O–H groups in total. The summed E-state index contributed by atoms with van der Waals surface area (Å²) in [6.07, 6.45) is 6.36. The largest absolute Gasteiger partial charge is 0.491 e. The van der Waals surface area contributed by atoms with Gasteiger partial charge in [0.1, 0.15) is 23.0 Å². The second-order valence-corrected chi connectivity index (χ2v) is 9.16. The number of nitrogens with one attached hydrogen (secondary N) is 1. The average molecular weight is 473 g/mol. The Morgan fingerprint density at radius 1 is 1.12 bits per heavy atom. The fourth-order valence-electron chi connectivity index (χ4n) is 4.89. The zero-order chi connectivity index (χ0) is 23.1. The highest BCUT2D eigenvalue weighted by Gasteiger charge is 2.30. The summed E-state index contributed by atoms with van der Waals surface area (Å²) in [5.41, 5.74) is 5.44. The van der Waals surface area contributed by atoms with Gasteiger partial charge in [0.25, 0.3) is 0 Å². The van der Waals surface area contributed by atoms with E-state index in [-0.39, 0.29) is 5.92 Å². The number of imidazole rings is 1. The van der Waals surface area contributed by atoms with Gasteiger partial charge in [-0.1, -0.05) is 41.9 Å². The van der Waals surface area contributed by atoms with E-state index in [4.69, 9.17) is 26.3 Å². The third-order valence-electron chi connectivity index (χ3n) is 6.53. The molecule has 3 heterocycles. The van der Waals surface area contributed by atoms with E-state index in [0.717, 1.165) is 54.4 Å². The summed E-state index contributed by atoms with van der Waals surface area (Å²) in [4.78, 5) is 16.3. The van der Waals surface area contributed by atoms with Crippen molar-refractivity contribution in [3.8, 4) is 11.4 Å². The summed E-state index contributed by atoms with van der Waals surface area (Å²) in [5.74, 6) is 2.66. The van der Waals surface area contributed by atoms with Crippen LogP contribution in [0, 0.1) is 0 Å². The molecule has 4 bridgehead atoms. The number of fused-ring (bicyclic) bond motifs is 6. The van der Waals surface area contributed by atoms with E-state index in [1.807, 2.05) is 22.8 Å². The predicted octanol–water partition coefficient (Wildman–Crippen LogP) is 5.36. The van der Waals surface area contributed by atoms with Crippen LogP contribution in [-0.4, -0.2) is 39.7 Å². The van der Waals surface area contributed by atoms with Gasteiger partial charge in [-0.25, -0.2) is 9.97 Å². The number of nitrogens with zero attached hydrogens (tertiary/aromatic N) is 5. The van der Waals surface area contributed by atoms with Crippen molar-refractivity contribution in [1.82, 2.24) is 19.5 Å². The Kier molecular flexibility index (Phi) is 5.34. The summed E-state index contributed by atoms with van der Waals surface area (Å²) in [6, 6.07) is 16.6. The predicted molar refractivity (Wildman–Crippen MR) is 134 cm³/mol. The first kappa shape index (κ1) is 21.0. The molecule has 1 unspecified atom stereocenters. The van der Waals surface area contributed by atoms with Gasteiger partial charge < -0.3 is 19.5 Å². The quantitative estimate of drug-likeness (QED) is 0.424. The van der Waals surface area contributed by atoms with E-state index in [9.17, 15) is 0 Å². The second-order valence-electron chi connectivity index (χ2n) is 8.77. The minimum Gasteiger partial charge on any atom is -0.491 e. The van der Waals surface area contributed by atoms with Crippen molar-refractivity contribution in [2.75, 3.05) is 30.4 Å². The lowest BCUT2D eigenvalue weighted by Crippen LogP contribution is -2.24. The van der Waals surface area contributed by atoms with Crippen LogP contribution in [0.15, 0.2) is 61.1 Å². The van der Waals surface area contributed by atoms with Crippen LogP contribution in [0.4, 0.5) is 17.5 Å². The monoisotopic (exact) mass is 472 g/mol. The van der Waals surface area contributed by atoms with Gasteiger partial charge in [-0.05, 0) is 37.0 Å². The Hall–Kier alpha value is -3.58. The van der Waals surface area contributed by atoms with Crippen molar-refractivity contribution in [3.05, 3.63) is 83.0 Å². The SMILES string of the molecule is CN1CCCOc2cc(ccc2-n2cnc(Cl)c2)Nc2nc3c(c1n2)CCC3c1ccccc1. The molecule has 6 rings (SSSR count). The lowest BCUT2D eigenvalue weighted by Gasteiger charge is -2.24. The Labute approximate surface area is 203 Å². The van der Waals surface area contributed by atoms with Gasteiger partial charge in [0, 0.05) is 43.0 Å². The molecule has 1 aliphatic carbocycles. The van der Waals surface area contributed by atoms with Crippen LogP contribution in [0.5, 0.6) is 5.75 Å². The Morgan fingerprint density at radius 3 is 2.82 bits per heavy atom. The minimum absolute atomic E-state index is 0.284. The zero-order valence-electron chi connectivity index (χ0n) is 18.9. The molecule has 2 aromatic carbocycles. The summed E-state index contributed by atoms with van der Waals surface area (Å²) in [6.45, 7) is 1.43. The first-order valence-corrected chi connectivity index (χ1v) is 11.9. The van der Waals surface area contributed by atoms with Crippen LogP contribution in [0.2, 0.25) is 5.15 Å². The molecule has 8 heteroatoms. The van der Waals surface area contributed by atoms with Crippen molar-refractivity contribution in [2.45, 2.75) is 25.2 Å². The summed E-state index contributed by atoms with van der Waals surface area (Å²) >= 11 is 6.05. The highest BCUT2D eigenvalue weighted by atomic mass is 35.5. The number of ether oxygens (including phenoxy) is 1. The number of hydrogen-bond donors (Lipinski definition) is 1. The van der Waals surface area contributed by atoms with Gasteiger partial charge in [-0.2, -0.15) is 4.98 Å². The van der Waals surface area contributed by atoms with Crippen LogP contribution >= 0.6 is 11.6 Å². The first-order chi connectivity index (χ1) is 16.7.